The van der Waals surface area contributed by atoms with E-state index >= 15 is 0 Å². The Bertz CT molecular complexity index is 705. The molecule has 1 heterocycles. The first-order chi connectivity index (χ1) is 9.31. The summed E-state index contributed by atoms with van der Waals surface area (Å²) in [5.41, 5.74) is -0.441. The molecule has 0 aliphatic rings. The molecule has 1 aromatic heterocycles. The van der Waals surface area contributed by atoms with Crippen LogP contribution < -0.4 is 0 Å². The molecule has 2 aromatic rings. The summed E-state index contributed by atoms with van der Waals surface area (Å²) in [6.45, 7) is 3.70. The predicted molar refractivity (Wildman–Crippen MR) is 71.9 cm³/mol. The lowest BCUT2D eigenvalue weighted by atomic mass is 10.0. The van der Waals surface area contributed by atoms with Gasteiger partial charge in [-0.3, -0.25) is 10.1 Å². The standard InChI is InChI=1S/C13H11ClF2N2O2/c1-6(2)3-10-13(18(19)20)11(14)8-4-7(15)5-9(16)12(8)17-10/h4-6H,3H2,1-2H3. The number of nitro groups is 1. The number of aromatic nitrogens is 1. The van der Waals surface area contributed by atoms with Gasteiger partial charge in [-0.05, 0) is 18.4 Å². The maximum absolute atomic E-state index is 13.7. The Labute approximate surface area is 118 Å². The van der Waals surface area contributed by atoms with E-state index in [9.17, 15) is 18.9 Å². The number of hydrogen-bond donors (Lipinski definition) is 0. The SMILES string of the molecule is CC(C)Cc1nc2c(F)cc(F)cc2c(Cl)c1[N+](=O)[O-]. The number of rotatable bonds is 3. The van der Waals surface area contributed by atoms with Gasteiger partial charge in [-0.1, -0.05) is 25.4 Å². The summed E-state index contributed by atoms with van der Waals surface area (Å²) in [6, 6.07) is 1.62. The molecule has 0 spiro atoms. The highest BCUT2D eigenvalue weighted by Crippen LogP contribution is 2.36. The Hall–Kier alpha value is -1.82. The summed E-state index contributed by atoms with van der Waals surface area (Å²) in [5.74, 6) is -1.66. The third-order valence-corrected chi connectivity index (χ3v) is 3.16. The fourth-order valence-corrected chi connectivity index (χ4v) is 2.33. The molecule has 0 bridgehead atoms. The average molecular weight is 301 g/mol. The van der Waals surface area contributed by atoms with E-state index in [-0.39, 0.29) is 34.0 Å². The van der Waals surface area contributed by atoms with Crippen LogP contribution in [0.1, 0.15) is 19.5 Å². The molecule has 7 heteroatoms. The van der Waals surface area contributed by atoms with Crippen LogP contribution >= 0.6 is 11.6 Å². The number of hydrogen-bond acceptors (Lipinski definition) is 3. The summed E-state index contributed by atoms with van der Waals surface area (Å²) < 4.78 is 27.0. The van der Waals surface area contributed by atoms with Gasteiger partial charge in [0.2, 0.25) is 0 Å². The van der Waals surface area contributed by atoms with Crippen molar-refractivity contribution in [2.75, 3.05) is 0 Å². The molecule has 0 aliphatic carbocycles. The van der Waals surface area contributed by atoms with E-state index in [1.807, 2.05) is 13.8 Å². The van der Waals surface area contributed by atoms with Gasteiger partial charge in [0.05, 0.1) is 4.92 Å². The summed E-state index contributed by atoms with van der Waals surface area (Å²) in [5, 5.41) is 10.8. The van der Waals surface area contributed by atoms with Crippen LogP contribution in [-0.4, -0.2) is 9.91 Å². The molecule has 0 aliphatic heterocycles. The van der Waals surface area contributed by atoms with E-state index in [0.717, 1.165) is 6.07 Å². The fourth-order valence-electron chi connectivity index (χ4n) is 2.00. The third-order valence-electron chi connectivity index (χ3n) is 2.78. The first-order valence-electron chi connectivity index (χ1n) is 5.92. The molecule has 4 nitrogen and oxygen atoms in total. The minimum atomic E-state index is -0.887. The smallest absolute Gasteiger partial charge is 0.258 e. The van der Waals surface area contributed by atoms with Gasteiger partial charge in [0.15, 0.2) is 5.82 Å². The van der Waals surface area contributed by atoms with Crippen LogP contribution in [0.15, 0.2) is 12.1 Å². The number of fused-ring (bicyclic) bond motifs is 1. The van der Waals surface area contributed by atoms with E-state index < -0.39 is 22.2 Å². The van der Waals surface area contributed by atoms with Gasteiger partial charge >= 0.3 is 5.69 Å². The third kappa shape index (κ3) is 2.56. The van der Waals surface area contributed by atoms with Crippen LogP contribution in [0.25, 0.3) is 10.9 Å². The van der Waals surface area contributed by atoms with Gasteiger partial charge < -0.3 is 0 Å². The molecule has 1 aromatic carbocycles. The van der Waals surface area contributed by atoms with Crippen LogP contribution in [0.2, 0.25) is 5.02 Å². The fraction of sp³-hybridized carbons (Fsp3) is 0.308. The Balaban J connectivity index is 2.85. The second-order valence-corrected chi connectivity index (χ2v) is 5.24. The van der Waals surface area contributed by atoms with Gasteiger partial charge in [-0.25, -0.2) is 13.8 Å². The van der Waals surface area contributed by atoms with Crippen molar-refractivity contribution in [2.24, 2.45) is 5.92 Å². The first-order valence-corrected chi connectivity index (χ1v) is 6.30. The van der Waals surface area contributed by atoms with Crippen LogP contribution in [0, 0.1) is 27.7 Å². The van der Waals surface area contributed by atoms with Crippen molar-refractivity contribution in [1.29, 1.82) is 0 Å². The number of benzene rings is 1. The number of pyridine rings is 1. The van der Waals surface area contributed by atoms with E-state index in [1.54, 1.807) is 0 Å². The quantitative estimate of drug-likeness (QED) is 0.628. The zero-order chi connectivity index (χ0) is 15.0. The van der Waals surface area contributed by atoms with Gasteiger partial charge in [0, 0.05) is 11.5 Å². The molecular formula is C13H11ClF2N2O2. The lowest BCUT2D eigenvalue weighted by molar-refractivity contribution is -0.385. The van der Waals surface area contributed by atoms with Crippen molar-refractivity contribution >= 4 is 28.2 Å². The molecule has 0 unspecified atom stereocenters. The summed E-state index contributed by atoms with van der Waals surface area (Å²) in [7, 11) is 0. The highest BCUT2D eigenvalue weighted by atomic mass is 35.5. The van der Waals surface area contributed by atoms with Crippen molar-refractivity contribution in [2.45, 2.75) is 20.3 Å². The molecular weight excluding hydrogens is 290 g/mol. The van der Waals surface area contributed by atoms with E-state index in [2.05, 4.69) is 4.98 Å². The predicted octanol–water partition coefficient (Wildman–Crippen LogP) is 4.27. The van der Waals surface area contributed by atoms with Crippen LogP contribution in [-0.2, 0) is 6.42 Å². The number of halogens is 3. The highest BCUT2D eigenvalue weighted by Gasteiger charge is 2.25. The normalized spacial score (nSPS) is 11.3. The van der Waals surface area contributed by atoms with E-state index in [0.29, 0.717) is 6.07 Å². The first kappa shape index (κ1) is 14.6. The second kappa shape index (κ2) is 5.28. The molecule has 0 N–H and O–H groups in total. The average Bonchev–Trinajstić information content (AvgIpc) is 2.29. The lowest BCUT2D eigenvalue weighted by Crippen LogP contribution is -2.05. The van der Waals surface area contributed by atoms with Gasteiger partial charge in [-0.15, -0.1) is 0 Å². The molecule has 106 valence electrons. The minimum Gasteiger partial charge on any atom is -0.258 e. The van der Waals surface area contributed by atoms with Crippen LogP contribution in [0.5, 0.6) is 0 Å². The van der Waals surface area contributed by atoms with Gasteiger partial charge in [-0.2, -0.15) is 0 Å². The van der Waals surface area contributed by atoms with E-state index in [4.69, 9.17) is 11.6 Å². The zero-order valence-corrected chi connectivity index (χ0v) is 11.5. The lowest BCUT2D eigenvalue weighted by Gasteiger charge is -2.09. The van der Waals surface area contributed by atoms with Crippen molar-refractivity contribution in [1.82, 2.24) is 4.98 Å². The monoisotopic (exact) mass is 300 g/mol. The molecule has 0 saturated carbocycles. The zero-order valence-electron chi connectivity index (χ0n) is 10.8. The summed E-state index contributed by atoms with van der Waals surface area (Å²) >= 11 is 5.95. The van der Waals surface area contributed by atoms with Crippen LogP contribution in [0.4, 0.5) is 14.5 Å². The topological polar surface area (TPSA) is 56.0 Å². The Morgan fingerprint density at radius 2 is 2.05 bits per heavy atom. The highest BCUT2D eigenvalue weighted by molar-refractivity contribution is 6.37. The molecule has 0 amide bonds. The minimum absolute atomic E-state index is 0.0817. The number of nitrogens with zero attached hydrogens (tertiary/aromatic N) is 2. The maximum atomic E-state index is 13.7. The largest absolute Gasteiger partial charge is 0.309 e. The van der Waals surface area contributed by atoms with E-state index in [1.165, 1.54) is 0 Å². The van der Waals surface area contributed by atoms with Crippen LogP contribution in [0.3, 0.4) is 0 Å². The molecule has 0 radical (unpaired) electrons. The molecule has 0 saturated heterocycles. The van der Waals surface area contributed by atoms with Crippen molar-refractivity contribution in [3.8, 4) is 0 Å². The van der Waals surface area contributed by atoms with Crippen molar-refractivity contribution in [3.05, 3.63) is 44.6 Å². The molecule has 0 atom stereocenters. The molecule has 20 heavy (non-hydrogen) atoms. The van der Waals surface area contributed by atoms with Crippen molar-refractivity contribution < 1.29 is 13.7 Å². The second-order valence-electron chi connectivity index (χ2n) is 4.86. The van der Waals surface area contributed by atoms with Gasteiger partial charge in [0.25, 0.3) is 0 Å². The van der Waals surface area contributed by atoms with Crippen molar-refractivity contribution in [3.63, 3.8) is 0 Å². The maximum Gasteiger partial charge on any atom is 0.309 e. The Morgan fingerprint density at radius 1 is 1.40 bits per heavy atom. The Kier molecular flexibility index (Phi) is 3.85. The summed E-state index contributed by atoms with van der Waals surface area (Å²) in [6.07, 6.45) is 0.281. The molecule has 2 rings (SSSR count). The van der Waals surface area contributed by atoms with Gasteiger partial charge in [0.1, 0.15) is 22.1 Å². The Morgan fingerprint density at radius 3 is 2.60 bits per heavy atom. The molecule has 0 fully saturated rings. The summed E-state index contributed by atoms with van der Waals surface area (Å²) in [4.78, 5) is 14.4.